The van der Waals surface area contributed by atoms with E-state index in [0.29, 0.717) is 18.1 Å². The molecule has 3 aromatic rings. The summed E-state index contributed by atoms with van der Waals surface area (Å²) in [6.07, 6.45) is 6.05. The van der Waals surface area contributed by atoms with E-state index < -0.39 is 0 Å². The van der Waals surface area contributed by atoms with E-state index in [1.807, 2.05) is 42.6 Å². The maximum atomic E-state index is 12.8. The topological polar surface area (TPSA) is 51.2 Å². The second-order valence-corrected chi connectivity index (χ2v) is 10.2. The monoisotopic (exact) mass is 430 g/mol. The van der Waals surface area contributed by atoms with Crippen LogP contribution in [-0.2, 0) is 12.8 Å². The molecule has 1 aliphatic heterocycles. The summed E-state index contributed by atoms with van der Waals surface area (Å²) < 4.78 is 9.39. The zero-order chi connectivity index (χ0) is 21.3. The molecule has 1 N–H and O–H groups in total. The second-order valence-electron chi connectivity index (χ2n) is 8.76. The number of hydrogen-bond acceptors (Lipinski definition) is 4. The van der Waals surface area contributed by atoms with Crippen molar-refractivity contribution in [2.24, 2.45) is 5.92 Å². The predicted molar refractivity (Wildman–Crippen MR) is 125 cm³/mol. The third kappa shape index (κ3) is 4.62. The standard InChI is InChI=1S/C26H26N2O2S/c1-26(11-12-26)31-28-25(29)23-8-3-2-7-22(23)19-9-10-20-14-18(17-30-24(20)16-19)15-21-6-4-5-13-27-21/h2-10,13,16,18H,11-12,14-15,17H2,1H3,(H,28,29)/t18-/m0/s1. The number of amides is 1. The van der Waals surface area contributed by atoms with Gasteiger partial charge in [0.25, 0.3) is 5.91 Å². The molecule has 0 saturated heterocycles. The quantitative estimate of drug-likeness (QED) is 0.527. The number of nitrogens with zero attached hydrogens (tertiary/aromatic N) is 1. The van der Waals surface area contributed by atoms with Gasteiger partial charge in [-0.25, -0.2) is 0 Å². The molecule has 31 heavy (non-hydrogen) atoms. The number of ether oxygens (including phenoxy) is 1. The molecule has 2 heterocycles. The van der Waals surface area contributed by atoms with Crippen LogP contribution in [0.15, 0.2) is 66.9 Å². The Morgan fingerprint density at radius 1 is 1.16 bits per heavy atom. The van der Waals surface area contributed by atoms with Crippen molar-refractivity contribution in [2.45, 2.75) is 37.4 Å². The third-order valence-electron chi connectivity index (χ3n) is 6.10. The fourth-order valence-electron chi connectivity index (χ4n) is 3.98. The van der Waals surface area contributed by atoms with E-state index >= 15 is 0 Å². The van der Waals surface area contributed by atoms with E-state index in [1.54, 1.807) is 11.9 Å². The van der Waals surface area contributed by atoms with Gasteiger partial charge in [-0.2, -0.15) is 0 Å². The van der Waals surface area contributed by atoms with Crippen molar-refractivity contribution in [1.29, 1.82) is 0 Å². The number of nitrogens with one attached hydrogen (secondary N) is 1. The minimum absolute atomic E-state index is 0.0391. The zero-order valence-corrected chi connectivity index (χ0v) is 18.5. The minimum Gasteiger partial charge on any atom is -0.493 e. The first kappa shape index (κ1) is 20.1. The average molecular weight is 431 g/mol. The molecule has 0 bridgehead atoms. The van der Waals surface area contributed by atoms with Crippen LogP contribution in [0.2, 0.25) is 0 Å². The Hall–Kier alpha value is -2.79. The summed E-state index contributed by atoms with van der Waals surface area (Å²) in [6, 6.07) is 20.2. The SMILES string of the molecule is CC1(SNC(=O)c2ccccc2-c2ccc3c(c2)OC[C@H](Cc2ccccn2)C3)CC1. The Morgan fingerprint density at radius 2 is 2.00 bits per heavy atom. The smallest absolute Gasteiger partial charge is 0.261 e. The van der Waals surface area contributed by atoms with Gasteiger partial charge in [0.1, 0.15) is 5.75 Å². The van der Waals surface area contributed by atoms with Crippen LogP contribution in [0, 0.1) is 5.92 Å². The Balaban J connectivity index is 1.33. The van der Waals surface area contributed by atoms with E-state index in [0.717, 1.165) is 48.3 Å². The Labute approximate surface area is 187 Å². The molecule has 158 valence electrons. The van der Waals surface area contributed by atoms with Crippen molar-refractivity contribution in [1.82, 2.24) is 9.71 Å². The molecule has 2 aromatic carbocycles. The number of carbonyl (C=O) groups is 1. The number of carbonyl (C=O) groups excluding carboxylic acids is 1. The largest absolute Gasteiger partial charge is 0.493 e. The van der Waals surface area contributed by atoms with Crippen molar-refractivity contribution in [3.05, 3.63) is 83.7 Å². The van der Waals surface area contributed by atoms with E-state index in [4.69, 9.17) is 4.74 Å². The molecule has 1 atom stereocenters. The molecule has 0 spiro atoms. The summed E-state index contributed by atoms with van der Waals surface area (Å²) in [5.41, 5.74) is 4.96. The highest BCUT2D eigenvalue weighted by atomic mass is 32.2. The normalized spacial score (nSPS) is 18.5. The maximum Gasteiger partial charge on any atom is 0.261 e. The molecular weight excluding hydrogens is 404 g/mol. The van der Waals surface area contributed by atoms with Crippen LogP contribution in [0.25, 0.3) is 11.1 Å². The maximum absolute atomic E-state index is 12.8. The Bertz CT molecular complexity index is 1100. The molecule has 1 amide bonds. The first-order chi connectivity index (χ1) is 15.1. The number of benzene rings is 2. The van der Waals surface area contributed by atoms with Crippen LogP contribution in [0.1, 0.15) is 41.4 Å². The molecular formula is C26H26N2O2S. The van der Waals surface area contributed by atoms with Gasteiger partial charge in [-0.05, 0) is 85.5 Å². The number of aromatic nitrogens is 1. The van der Waals surface area contributed by atoms with Crippen LogP contribution >= 0.6 is 11.9 Å². The molecule has 2 aliphatic rings. The summed E-state index contributed by atoms with van der Waals surface area (Å²) >= 11 is 1.55. The first-order valence-electron chi connectivity index (χ1n) is 10.8. The van der Waals surface area contributed by atoms with Crippen LogP contribution in [0.5, 0.6) is 5.75 Å². The lowest BCUT2D eigenvalue weighted by atomic mass is 9.90. The molecule has 0 radical (unpaired) electrons. The lowest BCUT2D eigenvalue weighted by Crippen LogP contribution is -2.23. The fourth-order valence-corrected chi connectivity index (χ4v) is 4.74. The van der Waals surface area contributed by atoms with E-state index in [1.165, 1.54) is 5.56 Å². The summed E-state index contributed by atoms with van der Waals surface area (Å²) in [5.74, 6) is 1.31. The zero-order valence-electron chi connectivity index (χ0n) is 17.6. The van der Waals surface area contributed by atoms with Crippen molar-refractivity contribution in [3.8, 4) is 16.9 Å². The van der Waals surface area contributed by atoms with Gasteiger partial charge in [0.15, 0.2) is 0 Å². The molecule has 1 aromatic heterocycles. The summed E-state index contributed by atoms with van der Waals surface area (Å²) in [5, 5.41) is 0. The molecule has 5 heteroatoms. The van der Waals surface area contributed by atoms with Crippen LogP contribution in [-0.4, -0.2) is 22.2 Å². The van der Waals surface area contributed by atoms with Gasteiger partial charge in [0.05, 0.1) is 6.61 Å². The number of hydrogen-bond donors (Lipinski definition) is 1. The number of pyridine rings is 1. The van der Waals surface area contributed by atoms with Crippen molar-refractivity contribution in [3.63, 3.8) is 0 Å². The van der Waals surface area contributed by atoms with Gasteiger partial charge >= 0.3 is 0 Å². The van der Waals surface area contributed by atoms with Crippen molar-refractivity contribution in [2.75, 3.05) is 6.61 Å². The Morgan fingerprint density at radius 3 is 2.81 bits per heavy atom. The van der Waals surface area contributed by atoms with Gasteiger partial charge < -0.3 is 4.74 Å². The minimum atomic E-state index is -0.0391. The van der Waals surface area contributed by atoms with E-state index in [-0.39, 0.29) is 10.7 Å². The molecule has 5 rings (SSSR count). The van der Waals surface area contributed by atoms with Crippen molar-refractivity contribution >= 4 is 17.9 Å². The van der Waals surface area contributed by atoms with Gasteiger partial charge in [0.2, 0.25) is 0 Å². The molecule has 4 nitrogen and oxygen atoms in total. The summed E-state index contributed by atoms with van der Waals surface area (Å²) in [4.78, 5) is 17.3. The van der Waals surface area contributed by atoms with Crippen molar-refractivity contribution < 1.29 is 9.53 Å². The van der Waals surface area contributed by atoms with Gasteiger partial charge in [0, 0.05) is 28.1 Å². The molecule has 1 aliphatic carbocycles. The fraction of sp³-hybridized carbons (Fsp3) is 0.308. The Kier molecular flexibility index (Phi) is 5.45. The number of fused-ring (bicyclic) bond motifs is 1. The van der Waals surface area contributed by atoms with E-state index in [2.05, 4.69) is 40.9 Å². The van der Waals surface area contributed by atoms with Gasteiger partial charge in [-0.15, -0.1) is 0 Å². The highest BCUT2D eigenvalue weighted by molar-refractivity contribution is 7.99. The average Bonchev–Trinajstić information content (AvgIpc) is 3.55. The first-order valence-corrected chi connectivity index (χ1v) is 11.6. The molecule has 1 saturated carbocycles. The summed E-state index contributed by atoms with van der Waals surface area (Å²) in [6.45, 7) is 2.87. The van der Waals surface area contributed by atoms with Crippen LogP contribution in [0.3, 0.4) is 0 Å². The van der Waals surface area contributed by atoms with Gasteiger partial charge in [-0.3, -0.25) is 14.5 Å². The van der Waals surface area contributed by atoms with Crippen LogP contribution in [0.4, 0.5) is 0 Å². The number of rotatable bonds is 6. The van der Waals surface area contributed by atoms with Gasteiger partial charge in [-0.1, -0.05) is 36.4 Å². The van der Waals surface area contributed by atoms with E-state index in [9.17, 15) is 4.79 Å². The predicted octanol–water partition coefficient (Wildman–Crippen LogP) is 5.47. The molecule has 0 unspecified atom stereocenters. The lowest BCUT2D eigenvalue weighted by Gasteiger charge is -2.26. The summed E-state index contributed by atoms with van der Waals surface area (Å²) in [7, 11) is 0. The third-order valence-corrected chi connectivity index (χ3v) is 7.29. The second kappa shape index (κ2) is 8.39. The van der Waals surface area contributed by atoms with Crippen LogP contribution < -0.4 is 9.46 Å². The lowest BCUT2D eigenvalue weighted by molar-refractivity contribution is 0.0984. The highest BCUT2D eigenvalue weighted by Gasteiger charge is 2.39. The highest BCUT2D eigenvalue weighted by Crippen LogP contribution is 2.46. The molecule has 1 fully saturated rings.